The van der Waals surface area contributed by atoms with Gasteiger partial charge in [0, 0.05) is 36.6 Å². The Hall–Kier alpha value is -3.41. The predicted molar refractivity (Wildman–Crippen MR) is 131 cm³/mol. The third-order valence-corrected chi connectivity index (χ3v) is 7.75. The lowest BCUT2D eigenvalue weighted by Crippen LogP contribution is -2.49. The number of hydrogen-bond acceptors (Lipinski definition) is 6. The molecule has 1 unspecified atom stereocenters. The largest absolute Gasteiger partial charge is 0.395 e. The molecule has 5 rings (SSSR count). The summed E-state index contributed by atoms with van der Waals surface area (Å²) >= 11 is 1.27. The Morgan fingerprint density at radius 1 is 1.14 bits per heavy atom. The van der Waals surface area contributed by atoms with Crippen LogP contribution in [0.4, 0.5) is 18.3 Å². The highest BCUT2D eigenvalue weighted by Gasteiger charge is 2.53. The molecule has 1 aliphatic heterocycles. The zero-order chi connectivity index (χ0) is 25.8. The average Bonchev–Trinajstić information content (AvgIpc) is 3.46. The lowest BCUT2D eigenvalue weighted by atomic mass is 9.81. The van der Waals surface area contributed by atoms with E-state index in [1.54, 1.807) is 52.6 Å². The van der Waals surface area contributed by atoms with Gasteiger partial charge in [0.2, 0.25) is 0 Å². The molecule has 36 heavy (non-hydrogen) atoms. The van der Waals surface area contributed by atoms with E-state index in [9.17, 15) is 22.8 Å². The molecule has 1 aliphatic rings. The van der Waals surface area contributed by atoms with Crippen molar-refractivity contribution in [2.75, 3.05) is 18.0 Å². The molecule has 5 heterocycles. The van der Waals surface area contributed by atoms with Crippen LogP contribution in [0.1, 0.15) is 36.8 Å². The minimum absolute atomic E-state index is 0.0957. The van der Waals surface area contributed by atoms with E-state index in [1.165, 1.54) is 27.2 Å². The summed E-state index contributed by atoms with van der Waals surface area (Å²) in [5.41, 5.74) is 0.0389. The molecule has 0 aromatic carbocycles. The zero-order valence-corrected chi connectivity index (χ0v) is 20.9. The average molecular weight is 519 g/mol. The predicted octanol–water partition coefficient (Wildman–Crippen LogP) is 3.94. The summed E-state index contributed by atoms with van der Waals surface area (Å²) in [7, 11) is 0. The second kappa shape index (κ2) is 8.61. The molecule has 12 heteroatoms. The minimum atomic E-state index is -4.28. The van der Waals surface area contributed by atoms with Crippen LogP contribution in [0.25, 0.3) is 11.2 Å². The highest BCUT2D eigenvalue weighted by Crippen LogP contribution is 2.45. The van der Waals surface area contributed by atoms with Crippen molar-refractivity contribution in [3.05, 3.63) is 74.0 Å². The molecule has 1 atom stereocenters. The van der Waals surface area contributed by atoms with Crippen LogP contribution in [-0.4, -0.2) is 42.8 Å². The molecule has 1 fully saturated rings. The van der Waals surface area contributed by atoms with Crippen molar-refractivity contribution in [3.8, 4) is 5.69 Å². The second-order valence-electron chi connectivity index (χ2n) is 9.57. The number of thiazole rings is 1. The van der Waals surface area contributed by atoms with Crippen molar-refractivity contribution in [1.82, 2.24) is 23.5 Å². The molecule has 0 radical (unpaired) electrons. The fraction of sp³-hybridized carbons (Fsp3) is 0.417. The molecule has 190 valence electrons. The number of piperidine rings is 1. The van der Waals surface area contributed by atoms with Gasteiger partial charge >= 0.3 is 6.18 Å². The number of fused-ring (bicyclic) bond motifs is 1. The highest BCUT2D eigenvalue weighted by atomic mass is 32.1. The monoisotopic (exact) mass is 518 g/mol. The van der Waals surface area contributed by atoms with Crippen LogP contribution in [-0.2, 0) is 6.54 Å². The summed E-state index contributed by atoms with van der Waals surface area (Å²) < 4.78 is 45.2. The Bertz CT molecular complexity index is 1570. The van der Waals surface area contributed by atoms with E-state index in [-0.39, 0.29) is 36.1 Å². The summed E-state index contributed by atoms with van der Waals surface area (Å²) in [5, 5.41) is 2.28. The van der Waals surface area contributed by atoms with E-state index in [4.69, 9.17) is 0 Å². The smallest absolute Gasteiger partial charge is 0.347 e. The van der Waals surface area contributed by atoms with Crippen LogP contribution in [0.3, 0.4) is 0 Å². The van der Waals surface area contributed by atoms with Gasteiger partial charge < -0.3 is 14.0 Å². The Kier molecular flexibility index (Phi) is 5.81. The van der Waals surface area contributed by atoms with E-state index >= 15 is 0 Å². The lowest BCUT2D eigenvalue weighted by molar-refractivity contribution is -0.219. The van der Waals surface area contributed by atoms with Crippen LogP contribution in [0, 0.1) is 19.3 Å². The van der Waals surface area contributed by atoms with Crippen LogP contribution >= 0.6 is 11.3 Å². The Balaban J connectivity index is 1.44. The molecule has 8 nitrogen and oxygen atoms in total. The first-order chi connectivity index (χ1) is 17.0. The van der Waals surface area contributed by atoms with E-state index < -0.39 is 11.6 Å². The Morgan fingerprint density at radius 3 is 2.61 bits per heavy atom. The maximum atomic E-state index is 13.6. The van der Waals surface area contributed by atoms with Gasteiger partial charge in [0.25, 0.3) is 11.1 Å². The summed E-state index contributed by atoms with van der Waals surface area (Å²) in [4.78, 5) is 36.8. The minimum Gasteiger partial charge on any atom is -0.347 e. The van der Waals surface area contributed by atoms with Crippen molar-refractivity contribution in [2.24, 2.45) is 5.41 Å². The molecular weight excluding hydrogens is 493 g/mol. The van der Waals surface area contributed by atoms with Crippen LogP contribution < -0.4 is 16.0 Å². The summed E-state index contributed by atoms with van der Waals surface area (Å²) in [6.07, 6.45) is 1.14. The van der Waals surface area contributed by atoms with E-state index in [0.29, 0.717) is 35.2 Å². The van der Waals surface area contributed by atoms with Crippen molar-refractivity contribution < 1.29 is 13.2 Å². The number of nitrogens with zero attached hydrogens (tertiary/aromatic N) is 6. The molecule has 1 saturated heterocycles. The maximum Gasteiger partial charge on any atom is 0.395 e. The number of anilines is 1. The molecule has 4 aromatic heterocycles. The molecule has 0 spiro atoms. The molecular formula is C24H25F3N6O2S. The molecule has 0 saturated carbocycles. The van der Waals surface area contributed by atoms with Gasteiger partial charge in [-0.05, 0) is 45.7 Å². The van der Waals surface area contributed by atoms with Crippen molar-refractivity contribution in [1.29, 1.82) is 0 Å². The van der Waals surface area contributed by atoms with Gasteiger partial charge in [0.1, 0.15) is 11.2 Å². The summed E-state index contributed by atoms with van der Waals surface area (Å²) in [6.45, 7) is 5.33. The molecule has 0 amide bonds. The van der Waals surface area contributed by atoms with Gasteiger partial charge in [-0.1, -0.05) is 0 Å². The number of aromatic nitrogens is 5. The van der Waals surface area contributed by atoms with Crippen molar-refractivity contribution in [2.45, 2.75) is 46.3 Å². The molecule has 0 aliphatic carbocycles. The number of alkyl halides is 3. The number of pyridine rings is 1. The van der Waals surface area contributed by atoms with Gasteiger partial charge in [0.15, 0.2) is 5.13 Å². The molecule has 0 bridgehead atoms. The topological polar surface area (TPSA) is 77.4 Å². The maximum absolute atomic E-state index is 13.6. The highest BCUT2D eigenvalue weighted by molar-refractivity contribution is 7.13. The first kappa shape index (κ1) is 24.3. The van der Waals surface area contributed by atoms with E-state index in [2.05, 4.69) is 9.97 Å². The van der Waals surface area contributed by atoms with Crippen LogP contribution in [0.2, 0.25) is 0 Å². The van der Waals surface area contributed by atoms with Gasteiger partial charge in [0.05, 0.1) is 29.7 Å². The number of aryl methyl sites for hydroxylation is 2. The third-order valence-electron chi connectivity index (χ3n) is 6.80. The zero-order valence-electron chi connectivity index (χ0n) is 20.0. The normalized spacial score (nSPS) is 18.8. The summed E-state index contributed by atoms with van der Waals surface area (Å²) in [6, 6.07) is 3.19. The summed E-state index contributed by atoms with van der Waals surface area (Å²) in [5.74, 6) is 0. The lowest BCUT2D eigenvalue weighted by Gasteiger charge is -2.41. The molecule has 4 aromatic rings. The van der Waals surface area contributed by atoms with E-state index in [1.807, 2.05) is 6.92 Å². The molecule has 0 N–H and O–H groups in total. The number of imidazole rings is 1. The van der Waals surface area contributed by atoms with Crippen molar-refractivity contribution in [3.63, 3.8) is 0 Å². The first-order valence-electron chi connectivity index (χ1n) is 11.5. The van der Waals surface area contributed by atoms with E-state index in [0.717, 1.165) is 5.69 Å². The Morgan fingerprint density at radius 2 is 1.92 bits per heavy atom. The van der Waals surface area contributed by atoms with Gasteiger partial charge in [-0.25, -0.2) is 9.97 Å². The SMILES string of the molecule is Cc1cn(-c2ccc3c(=O)n(Cc4csc(N5CCCC(C)(C(F)(F)F)C5)n4)c(C)cn3c2=O)cn1. The van der Waals surface area contributed by atoms with Gasteiger partial charge in [-0.2, -0.15) is 13.2 Å². The standard InChI is InChI=1S/C24H25F3N6O2S/c1-15-9-31(14-28-15)18-5-6-19-21(35)32(16(2)10-33(19)20(18)34)11-17-12-36-22(29-17)30-8-4-7-23(3,13-30)24(25,26)27/h5-6,9-10,12,14H,4,7-8,11,13H2,1-3H3. The third kappa shape index (κ3) is 4.12. The fourth-order valence-corrected chi connectivity index (χ4v) is 5.50. The van der Waals surface area contributed by atoms with Gasteiger partial charge in [-0.15, -0.1) is 11.3 Å². The van der Waals surface area contributed by atoms with Crippen molar-refractivity contribution >= 4 is 22.0 Å². The second-order valence-corrected chi connectivity index (χ2v) is 10.4. The van der Waals surface area contributed by atoms with Crippen LogP contribution in [0.15, 0.2) is 45.8 Å². The number of hydrogen-bond donors (Lipinski definition) is 0. The number of rotatable bonds is 4. The first-order valence-corrected chi connectivity index (χ1v) is 12.4. The Labute approximate surface area is 208 Å². The van der Waals surface area contributed by atoms with Gasteiger partial charge in [-0.3, -0.25) is 14.0 Å². The van der Waals surface area contributed by atoms with Crippen LogP contribution in [0.5, 0.6) is 0 Å². The number of halogens is 3. The quantitative estimate of drug-likeness (QED) is 0.409. The fourth-order valence-electron chi connectivity index (χ4n) is 4.66.